The van der Waals surface area contributed by atoms with Crippen LogP contribution in [0.25, 0.3) is 0 Å². The Bertz CT molecular complexity index is 252. The number of hydrogen-bond acceptors (Lipinski definition) is 2. The molecule has 2 unspecified atom stereocenters. The van der Waals surface area contributed by atoms with Crippen LogP contribution in [-0.4, -0.2) is 12.6 Å². The first kappa shape index (κ1) is 10.7. The number of carbonyl (C=O) groups is 1. The second kappa shape index (κ2) is 4.82. The Morgan fingerprint density at radius 2 is 1.93 bits per heavy atom. The van der Waals surface area contributed by atoms with E-state index < -0.39 is 0 Å². The van der Waals surface area contributed by atoms with E-state index in [4.69, 9.17) is 4.74 Å². The summed E-state index contributed by atoms with van der Waals surface area (Å²) in [6.07, 6.45) is 9.52. The number of hydrogen-bond donors (Lipinski definition) is 0. The quantitative estimate of drug-likeness (QED) is 0.515. The maximum Gasteiger partial charge on any atom is 0.330 e. The second-order valence-corrected chi connectivity index (χ2v) is 4.77. The summed E-state index contributed by atoms with van der Waals surface area (Å²) in [5.41, 5.74) is 1.32. The molecule has 0 amide bonds. The zero-order valence-electron chi connectivity index (χ0n) is 9.50. The third-order valence-electron chi connectivity index (χ3n) is 3.72. The van der Waals surface area contributed by atoms with Crippen LogP contribution in [0.4, 0.5) is 0 Å². The topological polar surface area (TPSA) is 26.3 Å². The molecule has 15 heavy (non-hydrogen) atoms. The third-order valence-corrected chi connectivity index (χ3v) is 3.72. The lowest BCUT2D eigenvalue weighted by molar-refractivity contribution is -0.137. The van der Waals surface area contributed by atoms with Crippen molar-refractivity contribution in [2.75, 3.05) is 6.61 Å². The summed E-state index contributed by atoms with van der Waals surface area (Å²) in [5, 5.41) is 0. The summed E-state index contributed by atoms with van der Waals surface area (Å²) in [7, 11) is 0. The van der Waals surface area contributed by atoms with E-state index in [1.807, 2.05) is 6.92 Å². The van der Waals surface area contributed by atoms with Crippen LogP contribution in [0.15, 0.2) is 11.6 Å². The molecule has 2 saturated carbocycles. The largest absolute Gasteiger partial charge is 0.463 e. The Balaban J connectivity index is 1.93. The lowest BCUT2D eigenvalue weighted by Crippen LogP contribution is -2.12. The first-order valence-electron chi connectivity index (χ1n) is 6.15. The molecule has 2 heteroatoms. The fraction of sp³-hybridized carbons (Fsp3) is 0.769. The summed E-state index contributed by atoms with van der Waals surface area (Å²) in [4.78, 5) is 11.3. The van der Waals surface area contributed by atoms with Gasteiger partial charge in [-0.25, -0.2) is 4.79 Å². The van der Waals surface area contributed by atoms with Gasteiger partial charge in [0.15, 0.2) is 0 Å². The Labute approximate surface area is 91.7 Å². The number of carbonyl (C=O) groups excluding carboxylic acids is 1. The van der Waals surface area contributed by atoms with E-state index in [2.05, 4.69) is 0 Å². The monoisotopic (exact) mass is 208 g/mol. The molecule has 2 rings (SSSR count). The van der Waals surface area contributed by atoms with Crippen LogP contribution in [0.2, 0.25) is 0 Å². The molecule has 0 N–H and O–H groups in total. The first-order valence-corrected chi connectivity index (χ1v) is 6.15. The Morgan fingerprint density at radius 3 is 2.47 bits per heavy atom. The summed E-state index contributed by atoms with van der Waals surface area (Å²) in [6, 6.07) is 0. The van der Waals surface area contributed by atoms with Crippen molar-refractivity contribution in [1.82, 2.24) is 0 Å². The highest BCUT2D eigenvalue weighted by Crippen LogP contribution is 2.44. The number of rotatable bonds is 2. The van der Waals surface area contributed by atoms with Gasteiger partial charge in [-0.15, -0.1) is 0 Å². The second-order valence-electron chi connectivity index (χ2n) is 4.77. The molecule has 2 aliphatic rings. The van der Waals surface area contributed by atoms with Crippen molar-refractivity contribution in [3.8, 4) is 0 Å². The van der Waals surface area contributed by atoms with Crippen molar-refractivity contribution >= 4 is 5.97 Å². The van der Waals surface area contributed by atoms with Gasteiger partial charge >= 0.3 is 5.97 Å². The van der Waals surface area contributed by atoms with Crippen LogP contribution >= 0.6 is 0 Å². The van der Waals surface area contributed by atoms with Crippen LogP contribution in [-0.2, 0) is 9.53 Å². The molecule has 0 aliphatic heterocycles. The number of ether oxygens (including phenoxy) is 1. The number of fused-ring (bicyclic) bond motifs is 1. The fourth-order valence-electron chi connectivity index (χ4n) is 3.05. The average Bonchev–Trinajstić information content (AvgIpc) is 2.59. The normalized spacial score (nSPS) is 29.8. The van der Waals surface area contributed by atoms with Crippen LogP contribution in [0, 0.1) is 11.8 Å². The SMILES string of the molecule is CCOC(=O)C=C1CC2CCCCC2C1. The van der Waals surface area contributed by atoms with E-state index in [0.29, 0.717) is 6.61 Å². The van der Waals surface area contributed by atoms with Crippen LogP contribution < -0.4 is 0 Å². The Hall–Kier alpha value is -0.790. The molecule has 0 radical (unpaired) electrons. The predicted octanol–water partition coefficient (Wildman–Crippen LogP) is 3.08. The van der Waals surface area contributed by atoms with Gasteiger partial charge in [-0.05, 0) is 44.4 Å². The Kier molecular flexibility index (Phi) is 3.45. The van der Waals surface area contributed by atoms with Gasteiger partial charge < -0.3 is 4.74 Å². The maximum atomic E-state index is 11.3. The molecule has 2 fully saturated rings. The first-order chi connectivity index (χ1) is 7.29. The highest BCUT2D eigenvalue weighted by atomic mass is 16.5. The highest BCUT2D eigenvalue weighted by Gasteiger charge is 2.32. The molecule has 0 bridgehead atoms. The van der Waals surface area contributed by atoms with Gasteiger partial charge in [0.1, 0.15) is 0 Å². The lowest BCUT2D eigenvalue weighted by Gasteiger charge is -2.23. The van der Waals surface area contributed by atoms with Crippen molar-refractivity contribution in [2.24, 2.45) is 11.8 Å². The van der Waals surface area contributed by atoms with E-state index in [1.165, 1.54) is 31.3 Å². The van der Waals surface area contributed by atoms with E-state index in [-0.39, 0.29) is 5.97 Å². The van der Waals surface area contributed by atoms with Crippen molar-refractivity contribution in [1.29, 1.82) is 0 Å². The summed E-state index contributed by atoms with van der Waals surface area (Å²) >= 11 is 0. The summed E-state index contributed by atoms with van der Waals surface area (Å²) < 4.78 is 4.94. The van der Waals surface area contributed by atoms with Crippen molar-refractivity contribution in [2.45, 2.75) is 45.4 Å². The van der Waals surface area contributed by atoms with Gasteiger partial charge in [0.2, 0.25) is 0 Å². The number of esters is 1. The van der Waals surface area contributed by atoms with Crippen LogP contribution in [0.5, 0.6) is 0 Å². The fourth-order valence-corrected chi connectivity index (χ4v) is 3.05. The molecule has 0 aromatic rings. The van der Waals surface area contributed by atoms with Gasteiger partial charge in [-0.2, -0.15) is 0 Å². The molecule has 84 valence electrons. The molecule has 2 aliphatic carbocycles. The average molecular weight is 208 g/mol. The van der Waals surface area contributed by atoms with Gasteiger partial charge in [-0.3, -0.25) is 0 Å². The minimum Gasteiger partial charge on any atom is -0.463 e. The minimum absolute atomic E-state index is 0.147. The molecule has 0 aromatic heterocycles. The molecule has 0 saturated heterocycles. The lowest BCUT2D eigenvalue weighted by atomic mass is 9.82. The van der Waals surface area contributed by atoms with Crippen molar-refractivity contribution < 1.29 is 9.53 Å². The standard InChI is InChI=1S/C13H20O2/c1-2-15-13(14)9-10-7-11-5-3-4-6-12(11)8-10/h9,11-12H,2-8H2,1H3. The zero-order valence-corrected chi connectivity index (χ0v) is 9.50. The zero-order chi connectivity index (χ0) is 10.7. The predicted molar refractivity (Wildman–Crippen MR) is 59.4 cm³/mol. The van der Waals surface area contributed by atoms with E-state index in [1.54, 1.807) is 6.08 Å². The van der Waals surface area contributed by atoms with Crippen LogP contribution in [0.1, 0.15) is 45.4 Å². The third kappa shape index (κ3) is 2.61. The molecule has 2 atom stereocenters. The van der Waals surface area contributed by atoms with Gasteiger partial charge in [-0.1, -0.05) is 18.4 Å². The minimum atomic E-state index is -0.147. The van der Waals surface area contributed by atoms with Gasteiger partial charge in [0.25, 0.3) is 0 Å². The smallest absolute Gasteiger partial charge is 0.330 e. The molecular weight excluding hydrogens is 188 g/mol. The van der Waals surface area contributed by atoms with E-state index in [0.717, 1.165) is 24.7 Å². The van der Waals surface area contributed by atoms with Crippen molar-refractivity contribution in [3.63, 3.8) is 0 Å². The highest BCUT2D eigenvalue weighted by molar-refractivity contribution is 5.82. The molecule has 0 aromatic carbocycles. The number of allylic oxidation sites excluding steroid dienone is 1. The molecular formula is C13H20O2. The van der Waals surface area contributed by atoms with E-state index in [9.17, 15) is 4.79 Å². The maximum absolute atomic E-state index is 11.3. The van der Waals surface area contributed by atoms with Gasteiger partial charge in [0.05, 0.1) is 6.61 Å². The van der Waals surface area contributed by atoms with Crippen molar-refractivity contribution in [3.05, 3.63) is 11.6 Å². The van der Waals surface area contributed by atoms with E-state index >= 15 is 0 Å². The molecule has 0 heterocycles. The summed E-state index contributed by atoms with van der Waals surface area (Å²) in [5.74, 6) is 1.57. The molecule has 2 nitrogen and oxygen atoms in total. The summed E-state index contributed by atoms with van der Waals surface area (Å²) in [6.45, 7) is 2.33. The Morgan fingerprint density at radius 1 is 1.33 bits per heavy atom. The van der Waals surface area contributed by atoms with Crippen LogP contribution in [0.3, 0.4) is 0 Å². The van der Waals surface area contributed by atoms with Gasteiger partial charge in [0, 0.05) is 6.08 Å². The molecule has 0 spiro atoms.